The molecule has 1 N–H and O–H groups in total. The van der Waals surface area contributed by atoms with Crippen LogP contribution in [0.5, 0.6) is 5.75 Å². The zero-order chi connectivity index (χ0) is 16.9. The van der Waals surface area contributed by atoms with Gasteiger partial charge in [-0.25, -0.2) is 4.98 Å². The molecule has 1 heterocycles. The molecule has 3 aromatic rings. The van der Waals surface area contributed by atoms with Crippen molar-refractivity contribution in [2.45, 2.75) is 26.2 Å². The minimum absolute atomic E-state index is 0.155. The molecular weight excluding hydrogens is 304 g/mol. The lowest BCUT2D eigenvalue weighted by molar-refractivity contribution is -0.134. The predicted octanol–water partition coefficient (Wildman–Crippen LogP) is 3.16. The number of H-pyrrole nitrogens is 1. The largest absolute Gasteiger partial charge is 0.427 e. The van der Waals surface area contributed by atoms with Crippen LogP contribution in [-0.4, -0.2) is 15.9 Å². The summed E-state index contributed by atoms with van der Waals surface area (Å²) in [5.74, 6) is 0.850. The Morgan fingerprint density at radius 1 is 1.17 bits per heavy atom. The van der Waals surface area contributed by atoms with E-state index in [4.69, 9.17) is 4.74 Å². The van der Waals surface area contributed by atoms with Crippen LogP contribution in [0.3, 0.4) is 0 Å². The first-order valence-corrected chi connectivity index (χ1v) is 7.87. The third kappa shape index (κ3) is 3.87. The maximum Gasteiger partial charge on any atom is 0.311 e. The van der Waals surface area contributed by atoms with Gasteiger partial charge < -0.3 is 9.72 Å². The molecule has 0 aliphatic carbocycles. The lowest BCUT2D eigenvalue weighted by Gasteiger charge is -2.05. The van der Waals surface area contributed by atoms with Crippen LogP contribution in [0.4, 0.5) is 0 Å². The topological polar surface area (TPSA) is 72.0 Å². The highest BCUT2D eigenvalue weighted by molar-refractivity contribution is 5.77. The van der Waals surface area contributed by atoms with E-state index in [1.807, 2.05) is 31.2 Å². The molecule has 0 saturated heterocycles. The van der Waals surface area contributed by atoms with Gasteiger partial charge in [0.15, 0.2) is 0 Å². The Hall–Kier alpha value is -2.95. The summed E-state index contributed by atoms with van der Waals surface area (Å²) >= 11 is 0. The summed E-state index contributed by atoms with van der Waals surface area (Å²) in [6.07, 6.45) is 1.35. The number of hydrogen-bond acceptors (Lipinski definition) is 4. The number of para-hydroxylation sites is 1. The Kier molecular flexibility index (Phi) is 4.70. The van der Waals surface area contributed by atoms with Gasteiger partial charge in [-0.1, -0.05) is 24.3 Å². The van der Waals surface area contributed by atoms with Crippen molar-refractivity contribution < 1.29 is 9.53 Å². The number of benzene rings is 2. The van der Waals surface area contributed by atoms with Crippen molar-refractivity contribution in [2.24, 2.45) is 0 Å². The summed E-state index contributed by atoms with van der Waals surface area (Å²) in [6, 6.07) is 14.6. The fourth-order valence-corrected chi connectivity index (χ4v) is 2.51. The first-order valence-electron chi connectivity index (χ1n) is 7.87. The van der Waals surface area contributed by atoms with Gasteiger partial charge in [-0.15, -0.1) is 0 Å². The number of aryl methyl sites for hydroxylation is 2. The second-order valence-electron chi connectivity index (χ2n) is 5.67. The van der Waals surface area contributed by atoms with Gasteiger partial charge in [0.2, 0.25) is 0 Å². The van der Waals surface area contributed by atoms with Crippen molar-refractivity contribution >= 4 is 16.9 Å². The Balaban J connectivity index is 1.58. The Bertz CT molecular complexity index is 931. The van der Waals surface area contributed by atoms with Crippen LogP contribution in [0.25, 0.3) is 10.9 Å². The predicted molar refractivity (Wildman–Crippen MR) is 92.1 cm³/mol. The number of carbonyl (C=O) groups excluding carboxylic acids is 1. The molecule has 24 heavy (non-hydrogen) atoms. The quantitative estimate of drug-likeness (QED) is 0.578. The first kappa shape index (κ1) is 15.9. The number of aromatic amines is 1. The van der Waals surface area contributed by atoms with E-state index in [0.717, 1.165) is 5.56 Å². The maximum absolute atomic E-state index is 12.0. The van der Waals surface area contributed by atoms with Crippen molar-refractivity contribution in [3.63, 3.8) is 0 Å². The van der Waals surface area contributed by atoms with Crippen molar-refractivity contribution in [1.82, 2.24) is 9.97 Å². The molecule has 0 spiro atoms. The smallest absolute Gasteiger partial charge is 0.311 e. The average Bonchev–Trinajstić information content (AvgIpc) is 2.55. The minimum Gasteiger partial charge on any atom is -0.427 e. The summed E-state index contributed by atoms with van der Waals surface area (Å²) in [6.45, 7) is 1.94. The first-order chi connectivity index (χ1) is 11.6. The minimum atomic E-state index is -0.288. The molecule has 0 amide bonds. The molecule has 5 heteroatoms. The van der Waals surface area contributed by atoms with Crippen molar-refractivity contribution in [3.05, 3.63) is 70.3 Å². The molecule has 1 aromatic heterocycles. The lowest BCUT2D eigenvalue weighted by Crippen LogP contribution is -2.13. The Labute approximate surface area is 139 Å². The molecule has 0 radical (unpaired) electrons. The zero-order valence-electron chi connectivity index (χ0n) is 13.4. The molecular formula is C19H18N2O3. The van der Waals surface area contributed by atoms with Gasteiger partial charge in [-0.3, -0.25) is 9.59 Å². The maximum atomic E-state index is 12.0. The second-order valence-corrected chi connectivity index (χ2v) is 5.67. The molecule has 0 aliphatic rings. The van der Waals surface area contributed by atoms with E-state index in [2.05, 4.69) is 9.97 Å². The molecule has 0 aliphatic heterocycles. The van der Waals surface area contributed by atoms with E-state index in [1.54, 1.807) is 24.3 Å². The third-order valence-electron chi connectivity index (χ3n) is 3.68. The van der Waals surface area contributed by atoms with E-state index in [1.165, 1.54) is 0 Å². The number of nitrogens with one attached hydrogen (secondary N) is 1. The van der Waals surface area contributed by atoms with Crippen LogP contribution in [-0.2, 0) is 11.2 Å². The fraction of sp³-hybridized carbons (Fsp3) is 0.211. The molecule has 0 atom stereocenters. The summed E-state index contributed by atoms with van der Waals surface area (Å²) < 4.78 is 5.30. The van der Waals surface area contributed by atoms with Crippen LogP contribution >= 0.6 is 0 Å². The van der Waals surface area contributed by atoms with E-state index < -0.39 is 0 Å². The van der Waals surface area contributed by atoms with Gasteiger partial charge in [-0.2, -0.15) is 0 Å². The number of hydrogen-bond donors (Lipinski definition) is 1. The zero-order valence-corrected chi connectivity index (χ0v) is 13.4. The SMILES string of the molecule is Cc1cccc(OC(=O)CCCc2nc3ccccc3c(=O)[nH]2)c1. The molecule has 0 saturated carbocycles. The van der Waals surface area contributed by atoms with Crippen molar-refractivity contribution in [1.29, 1.82) is 0 Å². The van der Waals surface area contributed by atoms with Crippen LogP contribution in [0, 0.1) is 6.92 Å². The molecule has 2 aromatic carbocycles. The normalized spacial score (nSPS) is 10.7. The summed E-state index contributed by atoms with van der Waals surface area (Å²) in [5.41, 5.74) is 1.55. The Morgan fingerprint density at radius 3 is 2.83 bits per heavy atom. The Morgan fingerprint density at radius 2 is 2.00 bits per heavy atom. The molecule has 0 bridgehead atoms. The van der Waals surface area contributed by atoms with Crippen molar-refractivity contribution in [3.8, 4) is 5.75 Å². The number of rotatable bonds is 5. The van der Waals surface area contributed by atoms with E-state index in [0.29, 0.717) is 35.3 Å². The van der Waals surface area contributed by atoms with Crippen LogP contribution in [0.2, 0.25) is 0 Å². The van der Waals surface area contributed by atoms with Crippen LogP contribution < -0.4 is 10.3 Å². The highest BCUT2D eigenvalue weighted by Crippen LogP contribution is 2.14. The number of nitrogens with zero attached hydrogens (tertiary/aromatic N) is 1. The highest BCUT2D eigenvalue weighted by atomic mass is 16.5. The number of ether oxygens (including phenoxy) is 1. The molecule has 5 nitrogen and oxygen atoms in total. The van der Waals surface area contributed by atoms with Gasteiger partial charge in [-0.05, 0) is 43.2 Å². The van der Waals surface area contributed by atoms with Gasteiger partial charge >= 0.3 is 5.97 Å². The molecule has 0 unspecified atom stereocenters. The monoisotopic (exact) mass is 322 g/mol. The van der Waals surface area contributed by atoms with Gasteiger partial charge in [0.1, 0.15) is 11.6 Å². The van der Waals surface area contributed by atoms with Crippen molar-refractivity contribution in [2.75, 3.05) is 0 Å². The average molecular weight is 322 g/mol. The molecule has 3 rings (SSSR count). The summed E-state index contributed by atoms with van der Waals surface area (Å²) in [5, 5.41) is 0.570. The molecule has 0 fully saturated rings. The van der Waals surface area contributed by atoms with Gasteiger partial charge in [0.05, 0.1) is 10.9 Å². The lowest BCUT2D eigenvalue weighted by atomic mass is 10.2. The van der Waals surface area contributed by atoms with Gasteiger partial charge in [0.25, 0.3) is 5.56 Å². The number of carbonyl (C=O) groups is 1. The van der Waals surface area contributed by atoms with Crippen LogP contribution in [0.1, 0.15) is 24.2 Å². The molecule has 122 valence electrons. The summed E-state index contributed by atoms with van der Waals surface area (Å²) in [7, 11) is 0. The summed E-state index contributed by atoms with van der Waals surface area (Å²) in [4.78, 5) is 31.0. The van der Waals surface area contributed by atoms with E-state index >= 15 is 0 Å². The van der Waals surface area contributed by atoms with Gasteiger partial charge in [0, 0.05) is 12.8 Å². The second kappa shape index (κ2) is 7.08. The fourth-order valence-electron chi connectivity index (χ4n) is 2.51. The van der Waals surface area contributed by atoms with Crippen LogP contribution in [0.15, 0.2) is 53.3 Å². The number of fused-ring (bicyclic) bond motifs is 1. The van der Waals surface area contributed by atoms with E-state index in [9.17, 15) is 9.59 Å². The number of aromatic nitrogens is 2. The number of esters is 1. The van der Waals surface area contributed by atoms with E-state index in [-0.39, 0.29) is 17.9 Å². The highest BCUT2D eigenvalue weighted by Gasteiger charge is 2.07. The standard InChI is InChI=1S/C19H18N2O3/c1-13-6-4-7-14(12-13)24-18(22)11-5-10-17-20-16-9-3-2-8-15(16)19(23)21-17/h2-4,6-9,12H,5,10-11H2,1H3,(H,20,21,23). The third-order valence-corrected chi connectivity index (χ3v) is 3.68.